The maximum absolute atomic E-state index is 11.3. The zero-order valence-electron chi connectivity index (χ0n) is 10.2. The Morgan fingerprint density at radius 2 is 2.39 bits per heavy atom. The predicted molar refractivity (Wildman–Crippen MR) is 69.5 cm³/mol. The van der Waals surface area contributed by atoms with Gasteiger partial charge in [0, 0.05) is 5.39 Å². The van der Waals surface area contributed by atoms with Crippen molar-refractivity contribution in [1.82, 2.24) is 10.2 Å². The van der Waals surface area contributed by atoms with Crippen LogP contribution in [0.2, 0.25) is 0 Å². The van der Waals surface area contributed by atoms with Crippen molar-refractivity contribution >= 4 is 28.3 Å². The summed E-state index contributed by atoms with van der Waals surface area (Å²) < 4.78 is 4.82. The van der Waals surface area contributed by atoms with Gasteiger partial charge in [-0.25, -0.2) is 4.79 Å². The van der Waals surface area contributed by atoms with E-state index in [1.54, 1.807) is 20.0 Å². The Morgan fingerprint density at radius 3 is 3.17 bits per heavy atom. The molecule has 0 bridgehead atoms. The molecule has 6 heteroatoms. The molecule has 2 aromatic rings. The van der Waals surface area contributed by atoms with E-state index in [1.165, 1.54) is 0 Å². The first kappa shape index (κ1) is 12.1. The van der Waals surface area contributed by atoms with Crippen LogP contribution in [0, 0.1) is 0 Å². The molecular weight excluding hydrogens is 232 g/mol. The minimum absolute atomic E-state index is 0.279. The Kier molecular flexibility index (Phi) is 3.57. The largest absolute Gasteiger partial charge is 0.461 e. The van der Waals surface area contributed by atoms with Gasteiger partial charge in [0.1, 0.15) is 5.71 Å². The van der Waals surface area contributed by atoms with E-state index in [4.69, 9.17) is 4.74 Å². The van der Waals surface area contributed by atoms with Crippen LogP contribution in [-0.2, 0) is 9.53 Å². The van der Waals surface area contributed by atoms with E-state index >= 15 is 0 Å². The first-order chi connectivity index (χ1) is 8.70. The molecule has 1 aromatic heterocycles. The highest BCUT2D eigenvalue weighted by Gasteiger charge is 2.05. The number of hydrogen-bond donors (Lipinski definition) is 2. The molecule has 0 aliphatic rings. The van der Waals surface area contributed by atoms with Crippen molar-refractivity contribution in [3.05, 3.63) is 24.4 Å². The number of H-pyrrole nitrogens is 1. The summed E-state index contributed by atoms with van der Waals surface area (Å²) in [6.07, 6.45) is 1.74. The normalized spacial score (nSPS) is 11.6. The quantitative estimate of drug-likeness (QED) is 0.490. The molecule has 0 radical (unpaired) electrons. The van der Waals surface area contributed by atoms with Gasteiger partial charge >= 0.3 is 5.97 Å². The fraction of sp³-hybridized carbons (Fsp3) is 0.250. The molecule has 0 aliphatic carbocycles. The number of aromatic nitrogens is 2. The molecule has 0 unspecified atom stereocenters. The van der Waals surface area contributed by atoms with Crippen molar-refractivity contribution < 1.29 is 9.53 Å². The first-order valence-corrected chi connectivity index (χ1v) is 5.61. The molecule has 6 nitrogen and oxygen atoms in total. The van der Waals surface area contributed by atoms with E-state index in [2.05, 4.69) is 20.7 Å². The number of carbonyl (C=O) groups is 1. The molecule has 0 aliphatic heterocycles. The van der Waals surface area contributed by atoms with Crippen molar-refractivity contribution in [1.29, 1.82) is 0 Å². The van der Waals surface area contributed by atoms with Gasteiger partial charge in [-0.2, -0.15) is 10.2 Å². The molecule has 0 atom stereocenters. The number of benzene rings is 1. The van der Waals surface area contributed by atoms with Gasteiger partial charge < -0.3 is 4.74 Å². The van der Waals surface area contributed by atoms with E-state index in [-0.39, 0.29) is 5.71 Å². The van der Waals surface area contributed by atoms with Gasteiger partial charge in [0.2, 0.25) is 0 Å². The van der Waals surface area contributed by atoms with Crippen LogP contribution in [0.25, 0.3) is 10.9 Å². The number of nitrogens with one attached hydrogen (secondary N) is 2. The van der Waals surface area contributed by atoms with Crippen LogP contribution in [0.4, 0.5) is 5.69 Å². The summed E-state index contributed by atoms with van der Waals surface area (Å²) in [6, 6.07) is 5.64. The maximum atomic E-state index is 11.3. The highest BCUT2D eigenvalue weighted by Crippen LogP contribution is 2.16. The molecule has 0 fully saturated rings. The molecular formula is C12H14N4O2. The third-order valence-corrected chi connectivity index (χ3v) is 2.37. The van der Waals surface area contributed by atoms with Crippen molar-refractivity contribution in [2.24, 2.45) is 5.10 Å². The lowest BCUT2D eigenvalue weighted by molar-refractivity contribution is -0.135. The van der Waals surface area contributed by atoms with Crippen LogP contribution in [0.5, 0.6) is 0 Å². The Balaban J connectivity index is 2.09. The molecule has 0 amide bonds. The number of rotatable bonds is 4. The Hall–Kier alpha value is -2.37. The average molecular weight is 246 g/mol. The zero-order chi connectivity index (χ0) is 13.0. The number of anilines is 1. The van der Waals surface area contributed by atoms with Crippen LogP contribution in [-0.4, -0.2) is 28.5 Å². The van der Waals surface area contributed by atoms with E-state index in [1.807, 2.05) is 18.2 Å². The topological polar surface area (TPSA) is 79.4 Å². The second-order valence-corrected chi connectivity index (χ2v) is 3.70. The average Bonchev–Trinajstić information content (AvgIpc) is 2.83. The minimum atomic E-state index is -0.424. The number of fused-ring (bicyclic) bond motifs is 1. The summed E-state index contributed by atoms with van der Waals surface area (Å²) in [5, 5.41) is 11.8. The number of carbonyl (C=O) groups excluding carboxylic acids is 1. The number of esters is 1. The lowest BCUT2D eigenvalue weighted by Gasteiger charge is -2.03. The molecule has 2 rings (SSSR count). The first-order valence-electron chi connectivity index (χ1n) is 5.61. The van der Waals surface area contributed by atoms with Gasteiger partial charge in [0.15, 0.2) is 0 Å². The highest BCUT2D eigenvalue weighted by atomic mass is 16.5. The summed E-state index contributed by atoms with van der Waals surface area (Å²) in [5.74, 6) is -0.424. The van der Waals surface area contributed by atoms with Crippen LogP contribution < -0.4 is 5.43 Å². The molecule has 18 heavy (non-hydrogen) atoms. The van der Waals surface area contributed by atoms with Crippen LogP contribution in [0.15, 0.2) is 29.5 Å². The summed E-state index contributed by atoms with van der Waals surface area (Å²) >= 11 is 0. The molecule has 94 valence electrons. The number of hydrogen-bond acceptors (Lipinski definition) is 5. The van der Waals surface area contributed by atoms with E-state index < -0.39 is 5.97 Å². The third kappa shape index (κ3) is 2.65. The number of ether oxygens (including phenoxy) is 1. The van der Waals surface area contributed by atoms with Crippen molar-refractivity contribution in [3.63, 3.8) is 0 Å². The summed E-state index contributed by atoms with van der Waals surface area (Å²) in [4.78, 5) is 11.3. The van der Waals surface area contributed by atoms with E-state index in [0.29, 0.717) is 6.61 Å². The summed E-state index contributed by atoms with van der Waals surface area (Å²) in [7, 11) is 0. The maximum Gasteiger partial charge on any atom is 0.354 e. The van der Waals surface area contributed by atoms with Gasteiger partial charge in [0.05, 0.1) is 24.0 Å². The smallest absolute Gasteiger partial charge is 0.354 e. The van der Waals surface area contributed by atoms with Crippen molar-refractivity contribution in [2.75, 3.05) is 12.0 Å². The molecule has 0 spiro atoms. The van der Waals surface area contributed by atoms with Gasteiger partial charge in [-0.1, -0.05) is 0 Å². The minimum Gasteiger partial charge on any atom is -0.461 e. The van der Waals surface area contributed by atoms with Crippen LogP contribution in [0.3, 0.4) is 0 Å². The predicted octanol–water partition coefficient (Wildman–Crippen LogP) is 1.91. The highest BCUT2D eigenvalue weighted by molar-refractivity contribution is 6.35. The molecule has 0 saturated carbocycles. The monoisotopic (exact) mass is 246 g/mol. The summed E-state index contributed by atoms with van der Waals surface area (Å²) in [5.41, 5.74) is 4.76. The Morgan fingerprint density at radius 1 is 1.56 bits per heavy atom. The molecule has 1 heterocycles. The molecule has 1 aromatic carbocycles. The number of aromatic amines is 1. The lowest BCUT2D eigenvalue weighted by Crippen LogP contribution is -2.15. The standard InChI is InChI=1S/C12H14N4O2/c1-3-18-12(17)8(2)14-15-10-5-4-9-7-13-16-11(9)6-10/h4-7,15H,3H2,1-2H3,(H,13,16)/b14-8+. The van der Waals surface area contributed by atoms with Crippen molar-refractivity contribution in [2.45, 2.75) is 13.8 Å². The van der Waals surface area contributed by atoms with Gasteiger partial charge in [-0.05, 0) is 32.0 Å². The zero-order valence-corrected chi connectivity index (χ0v) is 10.2. The van der Waals surface area contributed by atoms with E-state index in [9.17, 15) is 4.79 Å². The lowest BCUT2D eigenvalue weighted by atomic mass is 10.2. The molecule has 2 N–H and O–H groups in total. The van der Waals surface area contributed by atoms with Crippen LogP contribution >= 0.6 is 0 Å². The Labute approximate surface area is 104 Å². The number of hydrazone groups is 1. The van der Waals surface area contributed by atoms with Gasteiger partial charge in [-0.15, -0.1) is 0 Å². The summed E-state index contributed by atoms with van der Waals surface area (Å²) in [6.45, 7) is 3.69. The van der Waals surface area contributed by atoms with Crippen LogP contribution in [0.1, 0.15) is 13.8 Å². The second kappa shape index (κ2) is 5.31. The second-order valence-electron chi connectivity index (χ2n) is 3.70. The SMILES string of the molecule is CCOC(=O)/C(C)=N/Nc1ccc2cn[nH]c2c1. The molecule has 0 saturated heterocycles. The third-order valence-electron chi connectivity index (χ3n) is 2.37. The van der Waals surface area contributed by atoms with Gasteiger partial charge in [0.25, 0.3) is 0 Å². The fourth-order valence-electron chi connectivity index (χ4n) is 1.44. The van der Waals surface area contributed by atoms with Crippen molar-refractivity contribution in [3.8, 4) is 0 Å². The fourth-order valence-corrected chi connectivity index (χ4v) is 1.44. The Bertz CT molecular complexity index is 589. The van der Waals surface area contributed by atoms with E-state index in [0.717, 1.165) is 16.6 Å². The number of nitrogens with zero attached hydrogens (tertiary/aromatic N) is 2. The van der Waals surface area contributed by atoms with Gasteiger partial charge in [-0.3, -0.25) is 10.5 Å².